The van der Waals surface area contributed by atoms with E-state index in [1.165, 1.54) is 0 Å². The number of nitrogens with one attached hydrogen (secondary N) is 2. The largest absolute Gasteiger partial charge is 0.370 e. The highest BCUT2D eigenvalue weighted by Crippen LogP contribution is 2.24. The van der Waals surface area contributed by atoms with E-state index in [2.05, 4.69) is 15.3 Å². The molecule has 1 aromatic heterocycles. The van der Waals surface area contributed by atoms with Gasteiger partial charge in [-0.1, -0.05) is 17.7 Å². The molecule has 4 N–H and O–H groups in total. The van der Waals surface area contributed by atoms with Crippen LogP contribution in [0.5, 0.6) is 0 Å². The standard InChI is InChI=1S/C11H11ClN4O.2ClH/c1-14-11(13)16-10(17)9-5-6-7(12)3-2-4-8(6)15-9;;/h2-5,15H,1H3,(H3,13,14,16,17);2*1H. The number of rotatable bonds is 1. The van der Waals surface area contributed by atoms with E-state index in [0.29, 0.717) is 10.7 Å². The number of carbonyl (C=O) groups excluding carboxylic acids is 1. The minimum absolute atomic E-state index is 0. The van der Waals surface area contributed by atoms with E-state index in [9.17, 15) is 4.79 Å². The van der Waals surface area contributed by atoms with Crippen molar-refractivity contribution < 1.29 is 4.79 Å². The monoisotopic (exact) mass is 322 g/mol. The van der Waals surface area contributed by atoms with Gasteiger partial charge in [0.1, 0.15) is 5.69 Å². The molecule has 19 heavy (non-hydrogen) atoms. The molecule has 5 nitrogen and oxygen atoms in total. The first-order chi connectivity index (χ1) is 8.11. The first-order valence-electron chi connectivity index (χ1n) is 4.95. The Morgan fingerprint density at radius 2 is 2.11 bits per heavy atom. The van der Waals surface area contributed by atoms with Gasteiger partial charge in [-0.3, -0.25) is 4.79 Å². The maximum Gasteiger partial charge on any atom is 0.296 e. The Hall–Kier alpha value is -1.43. The van der Waals surface area contributed by atoms with Crippen LogP contribution in [-0.2, 0) is 0 Å². The van der Waals surface area contributed by atoms with Crippen molar-refractivity contribution in [2.45, 2.75) is 0 Å². The van der Waals surface area contributed by atoms with Gasteiger partial charge < -0.3 is 16.0 Å². The third kappa shape index (κ3) is 3.76. The fourth-order valence-electron chi connectivity index (χ4n) is 1.46. The van der Waals surface area contributed by atoms with Gasteiger partial charge in [-0.25, -0.2) is 0 Å². The lowest BCUT2D eigenvalue weighted by molar-refractivity contribution is 0.0998. The molecular weight excluding hydrogens is 311 g/mol. The molecule has 2 aromatic rings. The van der Waals surface area contributed by atoms with Crippen molar-refractivity contribution in [3.05, 3.63) is 35.0 Å². The van der Waals surface area contributed by atoms with Crippen LogP contribution in [0.4, 0.5) is 0 Å². The topological polar surface area (TPSA) is 83.3 Å². The molecule has 0 fully saturated rings. The molecule has 0 atom stereocenters. The van der Waals surface area contributed by atoms with Crippen molar-refractivity contribution in [2.24, 2.45) is 10.7 Å². The van der Waals surface area contributed by atoms with E-state index in [1.54, 1.807) is 25.2 Å². The molecule has 1 amide bonds. The number of hydrogen-bond acceptors (Lipinski definition) is 1. The molecule has 104 valence electrons. The minimum atomic E-state index is -0.441. The van der Waals surface area contributed by atoms with Crippen molar-refractivity contribution in [1.29, 1.82) is 0 Å². The van der Waals surface area contributed by atoms with E-state index >= 15 is 0 Å². The number of aromatic amines is 1. The molecule has 0 saturated heterocycles. The molecule has 0 spiro atoms. The van der Waals surface area contributed by atoms with Gasteiger partial charge in [-0.2, -0.15) is 4.99 Å². The number of carbonyl (C=O) groups is 1. The normalized spacial score (nSPS) is 10.5. The Labute approximate surface area is 127 Å². The van der Waals surface area contributed by atoms with Crippen molar-refractivity contribution in [3.63, 3.8) is 0 Å². The fraction of sp³-hybridized carbons (Fsp3) is 0.0909. The first kappa shape index (κ1) is 17.6. The number of fused-ring (bicyclic) bond motifs is 1. The molecule has 0 unspecified atom stereocenters. The zero-order valence-electron chi connectivity index (χ0n) is 9.94. The van der Waals surface area contributed by atoms with Crippen molar-refractivity contribution >= 4 is 59.2 Å². The van der Waals surface area contributed by atoms with Crippen LogP contribution in [0.25, 0.3) is 10.9 Å². The Bertz CT molecular complexity index is 609. The van der Waals surface area contributed by atoms with Crippen LogP contribution in [0.15, 0.2) is 29.3 Å². The number of hydrogen-bond donors (Lipinski definition) is 3. The lowest BCUT2D eigenvalue weighted by atomic mass is 10.2. The number of H-pyrrole nitrogens is 1. The predicted molar refractivity (Wildman–Crippen MR) is 82.8 cm³/mol. The Balaban J connectivity index is 0.00000162. The van der Waals surface area contributed by atoms with Gasteiger partial charge in [-0.05, 0) is 18.2 Å². The van der Waals surface area contributed by atoms with E-state index < -0.39 is 5.91 Å². The van der Waals surface area contributed by atoms with Crippen LogP contribution in [0.1, 0.15) is 10.5 Å². The first-order valence-corrected chi connectivity index (χ1v) is 5.33. The van der Waals surface area contributed by atoms with Gasteiger partial charge in [0.2, 0.25) is 0 Å². The van der Waals surface area contributed by atoms with E-state index in [0.717, 1.165) is 10.9 Å². The number of guanidine groups is 1. The molecular formula is C11H13Cl3N4O. The predicted octanol–water partition coefficient (Wildman–Crippen LogP) is 2.34. The SMILES string of the molecule is CNC(N)=NC(=O)c1cc2c(Cl)cccc2[nH]1.Cl.Cl. The summed E-state index contributed by atoms with van der Waals surface area (Å²) < 4.78 is 0. The van der Waals surface area contributed by atoms with Gasteiger partial charge >= 0.3 is 0 Å². The maximum absolute atomic E-state index is 11.7. The fourth-order valence-corrected chi connectivity index (χ4v) is 1.69. The van der Waals surface area contributed by atoms with E-state index in [4.69, 9.17) is 17.3 Å². The number of halogens is 3. The summed E-state index contributed by atoms with van der Waals surface area (Å²) in [6.45, 7) is 0. The third-order valence-electron chi connectivity index (χ3n) is 2.32. The quantitative estimate of drug-likeness (QED) is 0.556. The summed E-state index contributed by atoms with van der Waals surface area (Å²) >= 11 is 6.00. The van der Waals surface area contributed by atoms with Crippen molar-refractivity contribution in [3.8, 4) is 0 Å². The zero-order chi connectivity index (χ0) is 12.4. The number of nitrogens with two attached hydrogens (primary N) is 1. The van der Waals surface area contributed by atoms with Gasteiger partial charge in [0, 0.05) is 23.0 Å². The van der Waals surface area contributed by atoms with Crippen molar-refractivity contribution in [1.82, 2.24) is 10.3 Å². The smallest absolute Gasteiger partial charge is 0.296 e. The minimum Gasteiger partial charge on any atom is -0.370 e. The van der Waals surface area contributed by atoms with Gasteiger partial charge in [0.05, 0.1) is 0 Å². The summed E-state index contributed by atoms with van der Waals surface area (Å²) in [5.74, 6) is -0.371. The van der Waals surface area contributed by atoms with Gasteiger partial charge in [0.25, 0.3) is 5.91 Å². The van der Waals surface area contributed by atoms with Crippen LogP contribution in [0.3, 0.4) is 0 Å². The van der Waals surface area contributed by atoms with Crippen LogP contribution >= 0.6 is 36.4 Å². The summed E-state index contributed by atoms with van der Waals surface area (Å²) in [5.41, 5.74) is 6.56. The van der Waals surface area contributed by atoms with Gasteiger partial charge in [0.15, 0.2) is 5.96 Å². The van der Waals surface area contributed by atoms with Crippen LogP contribution < -0.4 is 11.1 Å². The summed E-state index contributed by atoms with van der Waals surface area (Å²) in [6, 6.07) is 7.06. The summed E-state index contributed by atoms with van der Waals surface area (Å²) in [7, 11) is 1.59. The molecule has 1 heterocycles. The van der Waals surface area contributed by atoms with Crippen LogP contribution in [0, 0.1) is 0 Å². The third-order valence-corrected chi connectivity index (χ3v) is 2.65. The van der Waals surface area contributed by atoms with E-state index in [-0.39, 0.29) is 30.8 Å². The summed E-state index contributed by atoms with van der Waals surface area (Å²) in [6.07, 6.45) is 0. The van der Waals surface area contributed by atoms with Crippen LogP contribution in [-0.4, -0.2) is 23.9 Å². The second-order valence-electron chi connectivity index (χ2n) is 3.44. The lowest BCUT2D eigenvalue weighted by Crippen LogP contribution is -2.28. The lowest BCUT2D eigenvalue weighted by Gasteiger charge is -1.95. The average Bonchev–Trinajstić information content (AvgIpc) is 2.74. The Kier molecular flexibility index (Phi) is 6.69. The number of amides is 1. The molecule has 1 aromatic carbocycles. The Morgan fingerprint density at radius 1 is 1.42 bits per heavy atom. The number of nitrogens with zero attached hydrogens (tertiary/aromatic N) is 1. The molecule has 0 aliphatic rings. The van der Waals surface area contributed by atoms with Gasteiger partial charge in [-0.15, -0.1) is 24.8 Å². The highest BCUT2D eigenvalue weighted by molar-refractivity contribution is 6.35. The summed E-state index contributed by atoms with van der Waals surface area (Å²) in [4.78, 5) is 18.3. The van der Waals surface area contributed by atoms with E-state index in [1.807, 2.05) is 6.07 Å². The molecule has 0 bridgehead atoms. The molecule has 0 radical (unpaired) electrons. The second-order valence-corrected chi connectivity index (χ2v) is 3.84. The maximum atomic E-state index is 11.7. The van der Waals surface area contributed by atoms with Crippen LogP contribution in [0.2, 0.25) is 5.02 Å². The average molecular weight is 324 g/mol. The highest BCUT2D eigenvalue weighted by atomic mass is 35.5. The molecule has 2 rings (SSSR count). The number of benzene rings is 1. The number of aliphatic imine (C=N–C) groups is 1. The molecule has 0 saturated carbocycles. The zero-order valence-corrected chi connectivity index (χ0v) is 12.3. The Morgan fingerprint density at radius 3 is 2.68 bits per heavy atom. The molecule has 0 aliphatic heterocycles. The van der Waals surface area contributed by atoms with Crippen molar-refractivity contribution in [2.75, 3.05) is 7.05 Å². The summed E-state index contributed by atoms with van der Waals surface area (Å²) in [5, 5.41) is 3.95. The molecule has 0 aliphatic carbocycles. The number of aromatic nitrogens is 1. The molecule has 8 heteroatoms. The second kappa shape index (κ2) is 7.23. The highest BCUT2D eigenvalue weighted by Gasteiger charge is 2.10.